The molecule has 1 aromatic rings. The summed E-state index contributed by atoms with van der Waals surface area (Å²) in [5.41, 5.74) is 2.01. The minimum atomic E-state index is 0.0452. The van der Waals surface area contributed by atoms with Crippen LogP contribution in [0.1, 0.15) is 31.2 Å². The van der Waals surface area contributed by atoms with Crippen LogP contribution >= 0.6 is 28.1 Å². The van der Waals surface area contributed by atoms with E-state index in [2.05, 4.69) is 26.6 Å². The summed E-state index contributed by atoms with van der Waals surface area (Å²) in [5.74, 6) is 0.176. The van der Waals surface area contributed by atoms with Crippen LogP contribution in [0.15, 0.2) is 22.7 Å². The second-order valence-corrected chi connectivity index (χ2v) is 6.15. The molecule has 1 amide bonds. The van der Waals surface area contributed by atoms with E-state index in [9.17, 15) is 4.79 Å². The number of carbonyl (C=O) groups excluding carboxylic acids is 1. The summed E-state index contributed by atoms with van der Waals surface area (Å²) in [6, 6.07) is 5.86. The summed E-state index contributed by atoms with van der Waals surface area (Å²) in [5, 5.41) is 6.19. The number of amides is 1. The van der Waals surface area contributed by atoms with Crippen LogP contribution in [0.5, 0.6) is 0 Å². The van der Waals surface area contributed by atoms with E-state index in [-0.39, 0.29) is 11.8 Å². The maximum absolute atomic E-state index is 11.9. The highest BCUT2D eigenvalue weighted by Crippen LogP contribution is 2.24. The number of anilines is 1. The number of benzene rings is 1. The summed E-state index contributed by atoms with van der Waals surface area (Å²) in [7, 11) is 0. The second kappa shape index (κ2) is 6.48. The van der Waals surface area contributed by atoms with Crippen molar-refractivity contribution < 1.29 is 4.79 Å². The van der Waals surface area contributed by atoms with Gasteiger partial charge in [-0.25, -0.2) is 0 Å². The van der Waals surface area contributed by atoms with E-state index >= 15 is 0 Å². The quantitative estimate of drug-likeness (QED) is 0.805. The molecule has 2 rings (SSSR count). The van der Waals surface area contributed by atoms with E-state index in [4.69, 9.17) is 12.2 Å². The van der Waals surface area contributed by atoms with Gasteiger partial charge in [-0.2, -0.15) is 0 Å². The highest BCUT2D eigenvalue weighted by Gasteiger charge is 2.23. The first-order chi connectivity index (χ1) is 9.06. The van der Waals surface area contributed by atoms with Crippen molar-refractivity contribution in [3.05, 3.63) is 28.2 Å². The molecule has 1 aromatic carbocycles. The Morgan fingerprint density at radius 2 is 2.05 bits per heavy atom. The van der Waals surface area contributed by atoms with Crippen molar-refractivity contribution >= 4 is 44.9 Å². The lowest BCUT2D eigenvalue weighted by molar-refractivity contribution is -0.123. The first kappa shape index (κ1) is 14.5. The maximum atomic E-state index is 11.9. The Morgan fingerprint density at radius 1 is 1.37 bits per heavy atom. The van der Waals surface area contributed by atoms with Gasteiger partial charge in [-0.05, 0) is 55.7 Å². The van der Waals surface area contributed by atoms with Crippen LogP contribution in [0.2, 0.25) is 0 Å². The highest BCUT2D eigenvalue weighted by molar-refractivity contribution is 9.10. The van der Waals surface area contributed by atoms with Crippen molar-refractivity contribution in [2.75, 3.05) is 5.32 Å². The third kappa shape index (κ3) is 4.01. The standard InChI is InChI=1S/C14H17BrN2OS/c1-9-8-11(6-7-12(9)15)16-14(19)17-13(18)10-4-2-3-5-10/h6-8,10H,2-5H2,1H3,(H2,16,17,18,19). The van der Waals surface area contributed by atoms with Gasteiger partial charge in [0.05, 0.1) is 0 Å². The maximum Gasteiger partial charge on any atom is 0.229 e. The van der Waals surface area contributed by atoms with Gasteiger partial charge in [0.1, 0.15) is 0 Å². The largest absolute Gasteiger partial charge is 0.332 e. The second-order valence-electron chi connectivity index (χ2n) is 4.89. The predicted octanol–water partition coefficient (Wildman–Crippen LogP) is 3.76. The number of nitrogens with one attached hydrogen (secondary N) is 2. The number of hydrogen-bond acceptors (Lipinski definition) is 2. The summed E-state index contributed by atoms with van der Waals surface area (Å²) in [6.07, 6.45) is 4.24. The van der Waals surface area contributed by atoms with Gasteiger partial charge in [0.25, 0.3) is 0 Å². The minimum absolute atomic E-state index is 0.0452. The molecule has 0 bridgehead atoms. The van der Waals surface area contributed by atoms with E-state index in [0.717, 1.165) is 41.4 Å². The lowest BCUT2D eigenvalue weighted by Crippen LogP contribution is -2.37. The topological polar surface area (TPSA) is 41.1 Å². The molecule has 0 heterocycles. The minimum Gasteiger partial charge on any atom is -0.332 e. The van der Waals surface area contributed by atoms with Gasteiger partial charge >= 0.3 is 0 Å². The number of carbonyl (C=O) groups is 1. The molecule has 0 aromatic heterocycles. The molecular formula is C14H17BrN2OS. The molecule has 5 heteroatoms. The number of aryl methyl sites for hydroxylation is 1. The molecule has 102 valence electrons. The Hall–Kier alpha value is -0.940. The number of halogens is 1. The van der Waals surface area contributed by atoms with E-state index < -0.39 is 0 Å². The summed E-state index contributed by atoms with van der Waals surface area (Å²) < 4.78 is 1.05. The first-order valence-electron chi connectivity index (χ1n) is 6.44. The van der Waals surface area contributed by atoms with Crippen LogP contribution < -0.4 is 10.6 Å². The fourth-order valence-electron chi connectivity index (χ4n) is 2.29. The first-order valence-corrected chi connectivity index (χ1v) is 7.64. The molecule has 0 aliphatic heterocycles. The van der Waals surface area contributed by atoms with Crippen LogP contribution in [0.4, 0.5) is 5.69 Å². The van der Waals surface area contributed by atoms with Gasteiger partial charge in [0.2, 0.25) is 5.91 Å². The number of thiocarbonyl (C=S) groups is 1. The molecule has 3 nitrogen and oxygen atoms in total. The van der Waals surface area contributed by atoms with Crippen LogP contribution in [-0.2, 0) is 4.79 Å². The zero-order valence-corrected chi connectivity index (χ0v) is 13.2. The Balaban J connectivity index is 1.89. The number of hydrogen-bond donors (Lipinski definition) is 2. The Bertz CT molecular complexity index is 498. The lowest BCUT2D eigenvalue weighted by Gasteiger charge is -2.13. The van der Waals surface area contributed by atoms with Gasteiger partial charge in [0.15, 0.2) is 5.11 Å². The third-order valence-corrected chi connectivity index (χ3v) is 4.47. The Kier molecular flexibility index (Phi) is 4.93. The van der Waals surface area contributed by atoms with Crippen molar-refractivity contribution in [1.29, 1.82) is 0 Å². The SMILES string of the molecule is Cc1cc(NC(=S)NC(=O)C2CCCC2)ccc1Br. The van der Waals surface area contributed by atoms with Crippen molar-refractivity contribution in [1.82, 2.24) is 5.32 Å². The predicted molar refractivity (Wildman–Crippen MR) is 85.2 cm³/mol. The average Bonchev–Trinajstić information content (AvgIpc) is 2.87. The van der Waals surface area contributed by atoms with Crippen LogP contribution in [0.25, 0.3) is 0 Å². The van der Waals surface area contributed by atoms with Crippen LogP contribution in [0, 0.1) is 12.8 Å². The fraction of sp³-hybridized carbons (Fsp3) is 0.429. The summed E-state index contributed by atoms with van der Waals surface area (Å²) >= 11 is 8.62. The van der Waals surface area contributed by atoms with Gasteiger partial charge < -0.3 is 10.6 Å². The highest BCUT2D eigenvalue weighted by atomic mass is 79.9. The van der Waals surface area contributed by atoms with Gasteiger partial charge in [-0.3, -0.25) is 4.79 Å². The molecule has 0 radical (unpaired) electrons. The molecule has 0 atom stereocenters. The molecule has 2 N–H and O–H groups in total. The fourth-order valence-corrected chi connectivity index (χ4v) is 2.75. The molecule has 19 heavy (non-hydrogen) atoms. The van der Waals surface area contributed by atoms with E-state index in [1.807, 2.05) is 25.1 Å². The van der Waals surface area contributed by atoms with Crippen LogP contribution in [0.3, 0.4) is 0 Å². The Morgan fingerprint density at radius 3 is 2.68 bits per heavy atom. The van der Waals surface area contributed by atoms with E-state index in [1.54, 1.807) is 0 Å². The molecule has 1 fully saturated rings. The third-order valence-electron chi connectivity index (χ3n) is 3.38. The zero-order valence-electron chi connectivity index (χ0n) is 10.8. The van der Waals surface area contributed by atoms with Crippen molar-refractivity contribution in [3.8, 4) is 0 Å². The monoisotopic (exact) mass is 340 g/mol. The summed E-state index contributed by atoms with van der Waals surface area (Å²) in [4.78, 5) is 11.9. The van der Waals surface area contributed by atoms with Crippen LogP contribution in [-0.4, -0.2) is 11.0 Å². The van der Waals surface area contributed by atoms with Crippen molar-refractivity contribution in [2.24, 2.45) is 5.92 Å². The number of rotatable bonds is 2. The molecule has 1 saturated carbocycles. The normalized spacial score (nSPS) is 15.3. The lowest BCUT2D eigenvalue weighted by atomic mass is 10.1. The van der Waals surface area contributed by atoms with Crippen molar-refractivity contribution in [2.45, 2.75) is 32.6 Å². The molecule has 0 unspecified atom stereocenters. The van der Waals surface area contributed by atoms with Gasteiger partial charge in [-0.1, -0.05) is 28.8 Å². The molecule has 0 spiro atoms. The van der Waals surface area contributed by atoms with Crippen molar-refractivity contribution in [3.63, 3.8) is 0 Å². The van der Waals surface area contributed by atoms with E-state index in [0.29, 0.717) is 5.11 Å². The summed E-state index contributed by atoms with van der Waals surface area (Å²) in [6.45, 7) is 2.01. The molecule has 0 saturated heterocycles. The van der Waals surface area contributed by atoms with Gasteiger partial charge in [-0.15, -0.1) is 0 Å². The Labute approximate surface area is 127 Å². The molecule has 1 aliphatic rings. The van der Waals surface area contributed by atoms with E-state index in [1.165, 1.54) is 0 Å². The molecule has 1 aliphatic carbocycles. The zero-order chi connectivity index (χ0) is 13.8. The molecular weight excluding hydrogens is 324 g/mol. The smallest absolute Gasteiger partial charge is 0.229 e. The van der Waals surface area contributed by atoms with Gasteiger partial charge in [0, 0.05) is 16.1 Å². The average molecular weight is 341 g/mol.